The van der Waals surface area contributed by atoms with Gasteiger partial charge < -0.3 is 4.74 Å². The lowest BCUT2D eigenvalue weighted by molar-refractivity contribution is -0.154. The topological polar surface area (TPSA) is 75.7 Å². The lowest BCUT2D eigenvalue weighted by Crippen LogP contribution is -2.66. The third-order valence-corrected chi connectivity index (χ3v) is 3.71. The van der Waals surface area contributed by atoms with Gasteiger partial charge in [0.1, 0.15) is 5.41 Å². The van der Waals surface area contributed by atoms with Crippen molar-refractivity contribution in [2.45, 2.75) is 46.6 Å². The maximum absolute atomic E-state index is 12.5. The summed E-state index contributed by atoms with van der Waals surface area (Å²) >= 11 is 0. The summed E-state index contributed by atoms with van der Waals surface area (Å²) in [6.07, 6.45) is 0.749. The van der Waals surface area contributed by atoms with E-state index in [2.05, 4.69) is 5.32 Å². The first-order chi connectivity index (χ1) is 8.94. The van der Waals surface area contributed by atoms with Crippen molar-refractivity contribution in [3.63, 3.8) is 0 Å². The van der Waals surface area contributed by atoms with Crippen molar-refractivity contribution in [1.82, 2.24) is 10.2 Å². The van der Waals surface area contributed by atoms with E-state index in [0.717, 1.165) is 4.90 Å². The van der Waals surface area contributed by atoms with Crippen molar-refractivity contribution in [2.24, 2.45) is 5.41 Å². The number of nitrogens with zero attached hydrogens (tertiary/aromatic N) is 1. The maximum atomic E-state index is 12.5. The van der Waals surface area contributed by atoms with E-state index in [1.165, 1.54) is 0 Å². The van der Waals surface area contributed by atoms with Crippen LogP contribution in [0.5, 0.6) is 0 Å². The number of ether oxygens (including phenoxy) is 1. The van der Waals surface area contributed by atoms with E-state index >= 15 is 0 Å². The molecule has 19 heavy (non-hydrogen) atoms. The average Bonchev–Trinajstić information content (AvgIpc) is 2.37. The summed E-state index contributed by atoms with van der Waals surface area (Å²) < 4.78 is 5.25. The molecule has 0 spiro atoms. The molecule has 1 heterocycles. The Morgan fingerprint density at radius 2 is 1.79 bits per heavy atom. The van der Waals surface area contributed by atoms with Crippen LogP contribution in [0.25, 0.3) is 0 Å². The van der Waals surface area contributed by atoms with Crippen LogP contribution in [0.1, 0.15) is 40.5 Å². The SMILES string of the molecule is CCOCC(C)N1C(=O)NC(=O)C(CC)(CC)C1=O. The van der Waals surface area contributed by atoms with Gasteiger partial charge in [0.05, 0.1) is 12.6 Å². The van der Waals surface area contributed by atoms with E-state index in [1.807, 2.05) is 6.92 Å². The Bertz CT molecular complexity index is 377. The molecule has 1 fully saturated rings. The van der Waals surface area contributed by atoms with Crippen LogP contribution in [0.4, 0.5) is 4.79 Å². The van der Waals surface area contributed by atoms with Crippen LogP contribution < -0.4 is 5.32 Å². The number of barbiturate groups is 1. The molecular formula is C13H22N2O4. The van der Waals surface area contributed by atoms with Gasteiger partial charge in [0.2, 0.25) is 11.8 Å². The van der Waals surface area contributed by atoms with Crippen molar-refractivity contribution in [1.29, 1.82) is 0 Å². The fraction of sp³-hybridized carbons (Fsp3) is 0.769. The Hall–Kier alpha value is -1.43. The van der Waals surface area contributed by atoms with E-state index in [9.17, 15) is 14.4 Å². The standard InChI is InChI=1S/C13H22N2O4/c1-5-13(6-2)10(16)14-12(18)15(11(13)17)9(4)8-19-7-3/h9H,5-8H2,1-4H3,(H,14,16,18). The first-order valence-corrected chi connectivity index (χ1v) is 6.71. The number of hydrogen-bond acceptors (Lipinski definition) is 4. The van der Waals surface area contributed by atoms with Crippen LogP contribution in [-0.4, -0.2) is 42.0 Å². The second-order valence-electron chi connectivity index (χ2n) is 4.73. The molecule has 0 bridgehead atoms. The molecule has 0 radical (unpaired) electrons. The molecule has 4 amide bonds. The van der Waals surface area contributed by atoms with Crippen LogP contribution >= 0.6 is 0 Å². The highest BCUT2D eigenvalue weighted by atomic mass is 16.5. The van der Waals surface area contributed by atoms with E-state index in [-0.39, 0.29) is 6.61 Å². The number of imide groups is 2. The molecule has 1 rings (SSSR count). The Kier molecular flexibility index (Phi) is 5.05. The molecule has 0 aromatic rings. The zero-order valence-electron chi connectivity index (χ0n) is 12.0. The van der Waals surface area contributed by atoms with E-state index in [4.69, 9.17) is 4.74 Å². The van der Waals surface area contributed by atoms with Gasteiger partial charge in [-0.05, 0) is 26.7 Å². The number of carbonyl (C=O) groups excluding carboxylic acids is 3. The van der Waals surface area contributed by atoms with E-state index in [0.29, 0.717) is 19.4 Å². The van der Waals surface area contributed by atoms with Crippen LogP contribution in [0.3, 0.4) is 0 Å². The largest absolute Gasteiger partial charge is 0.380 e. The third-order valence-electron chi connectivity index (χ3n) is 3.71. The van der Waals surface area contributed by atoms with E-state index < -0.39 is 29.3 Å². The van der Waals surface area contributed by atoms with Crippen molar-refractivity contribution >= 4 is 17.8 Å². The van der Waals surface area contributed by atoms with Crippen LogP contribution in [0, 0.1) is 5.41 Å². The summed E-state index contributed by atoms with van der Waals surface area (Å²) in [6, 6.07) is -1.04. The van der Waals surface area contributed by atoms with Crippen molar-refractivity contribution in [3.8, 4) is 0 Å². The number of hydrogen-bond donors (Lipinski definition) is 1. The quantitative estimate of drug-likeness (QED) is 0.738. The summed E-state index contributed by atoms with van der Waals surface area (Å²) in [4.78, 5) is 37.5. The van der Waals surface area contributed by atoms with Gasteiger partial charge in [0.15, 0.2) is 0 Å². The van der Waals surface area contributed by atoms with Gasteiger partial charge in [-0.15, -0.1) is 0 Å². The van der Waals surface area contributed by atoms with Crippen LogP contribution in [-0.2, 0) is 14.3 Å². The minimum Gasteiger partial charge on any atom is -0.380 e. The average molecular weight is 270 g/mol. The van der Waals surface area contributed by atoms with Crippen LogP contribution in [0.2, 0.25) is 0 Å². The van der Waals surface area contributed by atoms with Gasteiger partial charge in [0.25, 0.3) is 0 Å². The summed E-state index contributed by atoms with van der Waals surface area (Å²) in [5.41, 5.74) is -1.13. The minimum absolute atomic E-state index is 0.271. The number of amides is 4. The second kappa shape index (κ2) is 6.14. The van der Waals surface area contributed by atoms with Gasteiger partial charge in [-0.25, -0.2) is 4.79 Å². The lowest BCUT2D eigenvalue weighted by Gasteiger charge is -2.40. The fourth-order valence-corrected chi connectivity index (χ4v) is 2.33. The van der Waals surface area contributed by atoms with Crippen molar-refractivity contribution in [2.75, 3.05) is 13.2 Å². The molecule has 0 aromatic carbocycles. The first kappa shape index (κ1) is 15.6. The molecule has 0 aromatic heterocycles. The zero-order valence-corrected chi connectivity index (χ0v) is 12.0. The molecule has 6 heteroatoms. The fourth-order valence-electron chi connectivity index (χ4n) is 2.33. The number of rotatable bonds is 6. The van der Waals surface area contributed by atoms with Gasteiger partial charge in [-0.1, -0.05) is 13.8 Å². The second-order valence-corrected chi connectivity index (χ2v) is 4.73. The Labute approximate surface area is 113 Å². The van der Waals surface area contributed by atoms with Gasteiger partial charge in [-0.3, -0.25) is 19.8 Å². The normalized spacial score (nSPS) is 20.4. The Morgan fingerprint density at radius 1 is 1.21 bits per heavy atom. The summed E-state index contributed by atoms with van der Waals surface area (Å²) in [5.74, 6) is -0.911. The number of carbonyl (C=O) groups is 3. The smallest absolute Gasteiger partial charge is 0.331 e. The Morgan fingerprint density at radius 3 is 2.26 bits per heavy atom. The third kappa shape index (κ3) is 2.63. The van der Waals surface area contributed by atoms with Crippen LogP contribution in [0.15, 0.2) is 0 Å². The molecule has 0 saturated carbocycles. The predicted molar refractivity (Wildman–Crippen MR) is 69.4 cm³/mol. The maximum Gasteiger partial charge on any atom is 0.331 e. The minimum atomic E-state index is -1.13. The van der Waals surface area contributed by atoms with Crippen molar-refractivity contribution < 1.29 is 19.1 Å². The number of nitrogens with one attached hydrogen (secondary N) is 1. The van der Waals surface area contributed by atoms with Gasteiger partial charge >= 0.3 is 6.03 Å². The van der Waals surface area contributed by atoms with E-state index in [1.54, 1.807) is 20.8 Å². The molecule has 1 atom stereocenters. The number of urea groups is 1. The monoisotopic (exact) mass is 270 g/mol. The molecule has 0 aliphatic carbocycles. The zero-order chi connectivity index (χ0) is 14.6. The van der Waals surface area contributed by atoms with Gasteiger partial charge in [-0.2, -0.15) is 0 Å². The summed E-state index contributed by atoms with van der Waals surface area (Å²) in [7, 11) is 0. The molecule has 1 unspecified atom stereocenters. The molecule has 1 N–H and O–H groups in total. The lowest BCUT2D eigenvalue weighted by atomic mass is 9.78. The highest BCUT2D eigenvalue weighted by Gasteiger charge is 2.52. The molecular weight excluding hydrogens is 248 g/mol. The Balaban J connectivity index is 3.01. The summed E-state index contributed by atoms with van der Waals surface area (Å²) in [5, 5.41) is 2.28. The van der Waals surface area contributed by atoms with Gasteiger partial charge in [0, 0.05) is 6.61 Å². The first-order valence-electron chi connectivity index (χ1n) is 6.71. The molecule has 1 saturated heterocycles. The highest BCUT2D eigenvalue weighted by molar-refractivity contribution is 6.19. The molecule has 108 valence electrons. The molecule has 1 aliphatic heterocycles. The predicted octanol–water partition coefficient (Wildman–Crippen LogP) is 1.30. The molecule has 1 aliphatic rings. The summed E-state index contributed by atoms with van der Waals surface area (Å²) in [6.45, 7) is 7.92. The molecule has 6 nitrogen and oxygen atoms in total. The van der Waals surface area contributed by atoms with Crippen molar-refractivity contribution in [3.05, 3.63) is 0 Å². The highest BCUT2D eigenvalue weighted by Crippen LogP contribution is 2.33.